The Morgan fingerprint density at radius 2 is 1.77 bits per heavy atom. The molecule has 1 aliphatic rings. The Kier molecular flexibility index (Phi) is 5.86. The standard InChI is InChI=1S/C28H24N2O4S/c1-4-34-20-12-10-19(11-13-20)25(31)22-24(18-8-6-5-7-9-18)30(27(33)26(22)32)28-29-23-17(3)14-16(2)15-21(23)35-28/h5-15,24,31H,4H2,1-3H3/b25-22+. The number of aryl methyl sites for hydroxylation is 2. The molecule has 1 aliphatic heterocycles. The maximum absolute atomic E-state index is 13.4. The molecule has 6 nitrogen and oxygen atoms in total. The van der Waals surface area contributed by atoms with Crippen LogP contribution in [0.15, 0.2) is 72.3 Å². The number of aliphatic hydroxyl groups excluding tert-OH is 1. The highest BCUT2D eigenvalue weighted by molar-refractivity contribution is 7.22. The number of anilines is 1. The van der Waals surface area contributed by atoms with Gasteiger partial charge in [0.15, 0.2) is 5.13 Å². The lowest BCUT2D eigenvalue weighted by molar-refractivity contribution is -0.132. The first-order chi connectivity index (χ1) is 16.9. The van der Waals surface area contributed by atoms with Gasteiger partial charge < -0.3 is 9.84 Å². The third-order valence-corrected chi connectivity index (χ3v) is 7.02. The number of ketones is 1. The number of thiazole rings is 1. The van der Waals surface area contributed by atoms with E-state index in [1.54, 1.807) is 24.3 Å². The molecular weight excluding hydrogens is 460 g/mol. The van der Waals surface area contributed by atoms with Crippen molar-refractivity contribution in [1.82, 2.24) is 4.98 Å². The number of amides is 1. The lowest BCUT2D eigenvalue weighted by Gasteiger charge is -2.22. The first-order valence-corrected chi connectivity index (χ1v) is 12.2. The summed E-state index contributed by atoms with van der Waals surface area (Å²) >= 11 is 1.37. The molecule has 0 aliphatic carbocycles. The third-order valence-electron chi connectivity index (χ3n) is 6.02. The molecule has 1 amide bonds. The summed E-state index contributed by atoms with van der Waals surface area (Å²) in [5, 5.41) is 11.7. The van der Waals surface area contributed by atoms with Crippen LogP contribution in [0.3, 0.4) is 0 Å². The van der Waals surface area contributed by atoms with E-state index in [0.29, 0.717) is 28.6 Å². The lowest BCUT2D eigenvalue weighted by Crippen LogP contribution is -2.29. The molecule has 4 aromatic rings. The van der Waals surface area contributed by atoms with E-state index in [0.717, 1.165) is 21.3 Å². The largest absolute Gasteiger partial charge is 0.507 e. The number of Topliss-reactive ketones (excluding diaryl/α,β-unsaturated/α-hetero) is 1. The van der Waals surface area contributed by atoms with Crippen LogP contribution in [0.4, 0.5) is 5.13 Å². The highest BCUT2D eigenvalue weighted by Gasteiger charge is 2.48. The van der Waals surface area contributed by atoms with E-state index in [2.05, 4.69) is 0 Å². The third kappa shape index (κ3) is 3.98. The average Bonchev–Trinajstić information content (AvgIpc) is 3.38. The van der Waals surface area contributed by atoms with Crippen molar-refractivity contribution < 1.29 is 19.4 Å². The van der Waals surface area contributed by atoms with Crippen molar-refractivity contribution in [1.29, 1.82) is 0 Å². The van der Waals surface area contributed by atoms with E-state index in [9.17, 15) is 14.7 Å². The molecule has 176 valence electrons. The number of aliphatic hydroxyl groups is 1. The van der Waals surface area contributed by atoms with E-state index in [4.69, 9.17) is 9.72 Å². The zero-order valence-corrected chi connectivity index (χ0v) is 20.4. The van der Waals surface area contributed by atoms with Crippen LogP contribution < -0.4 is 9.64 Å². The number of nitrogens with zero attached hydrogens (tertiary/aromatic N) is 2. The Labute approximate surface area is 207 Å². The Bertz CT molecular complexity index is 1470. The lowest BCUT2D eigenvalue weighted by atomic mass is 9.95. The summed E-state index contributed by atoms with van der Waals surface area (Å²) < 4.78 is 6.42. The summed E-state index contributed by atoms with van der Waals surface area (Å²) in [6.45, 7) is 6.40. The number of hydrogen-bond acceptors (Lipinski definition) is 6. The fourth-order valence-corrected chi connectivity index (χ4v) is 5.64. The molecule has 0 radical (unpaired) electrons. The molecule has 7 heteroatoms. The summed E-state index contributed by atoms with van der Waals surface area (Å²) in [5.41, 5.74) is 4.09. The Hall–Kier alpha value is -3.97. The summed E-state index contributed by atoms with van der Waals surface area (Å²) in [4.78, 5) is 32.9. The SMILES string of the molecule is CCOc1ccc(/C(O)=C2\C(=O)C(=O)N(c3nc4c(C)cc(C)cc4s3)C2c2ccccc2)cc1. The van der Waals surface area contributed by atoms with Gasteiger partial charge in [-0.25, -0.2) is 4.98 Å². The van der Waals surface area contributed by atoms with E-state index in [-0.39, 0.29) is 11.3 Å². The Morgan fingerprint density at radius 1 is 1.06 bits per heavy atom. The number of benzene rings is 3. The molecule has 1 N–H and O–H groups in total. The maximum Gasteiger partial charge on any atom is 0.301 e. The van der Waals surface area contributed by atoms with Crippen molar-refractivity contribution >= 4 is 44.1 Å². The second kappa shape index (κ2) is 9.00. The van der Waals surface area contributed by atoms with Gasteiger partial charge in [0.25, 0.3) is 5.78 Å². The molecule has 35 heavy (non-hydrogen) atoms. The van der Waals surface area contributed by atoms with Crippen LogP contribution in [0.5, 0.6) is 5.75 Å². The minimum atomic E-state index is -0.801. The zero-order valence-electron chi connectivity index (χ0n) is 19.6. The normalized spacial score (nSPS) is 17.3. The first kappa shape index (κ1) is 22.8. The van der Waals surface area contributed by atoms with Crippen LogP contribution >= 0.6 is 11.3 Å². The topological polar surface area (TPSA) is 79.7 Å². The Balaban J connectivity index is 1.68. The van der Waals surface area contributed by atoms with Crippen LogP contribution in [-0.2, 0) is 9.59 Å². The van der Waals surface area contributed by atoms with Crippen LogP contribution in [0, 0.1) is 13.8 Å². The van der Waals surface area contributed by atoms with Crippen molar-refractivity contribution in [2.24, 2.45) is 0 Å². The van der Waals surface area contributed by atoms with Crippen molar-refractivity contribution in [3.05, 3.63) is 94.6 Å². The summed E-state index contributed by atoms with van der Waals surface area (Å²) in [5.74, 6) is -1.02. The molecule has 1 saturated heterocycles. The second-order valence-corrected chi connectivity index (χ2v) is 9.47. The number of fused-ring (bicyclic) bond motifs is 1. The molecule has 3 aromatic carbocycles. The van der Waals surface area contributed by atoms with Gasteiger partial charge in [0.05, 0.1) is 28.4 Å². The van der Waals surface area contributed by atoms with Gasteiger partial charge in [-0.2, -0.15) is 0 Å². The number of ether oxygens (including phenoxy) is 1. The summed E-state index contributed by atoms with van der Waals surface area (Å²) in [6, 6.07) is 19.3. The van der Waals surface area contributed by atoms with Crippen LogP contribution in [0.25, 0.3) is 16.0 Å². The number of aromatic nitrogens is 1. The predicted octanol–water partition coefficient (Wildman–Crippen LogP) is 5.94. The van der Waals surface area contributed by atoms with Crippen LogP contribution in [0.1, 0.15) is 35.2 Å². The zero-order chi connectivity index (χ0) is 24.7. The molecule has 2 heterocycles. The van der Waals surface area contributed by atoms with Gasteiger partial charge in [0.2, 0.25) is 0 Å². The fraction of sp³-hybridized carbons (Fsp3) is 0.179. The predicted molar refractivity (Wildman–Crippen MR) is 138 cm³/mol. The van der Waals surface area contributed by atoms with Gasteiger partial charge >= 0.3 is 5.91 Å². The highest BCUT2D eigenvalue weighted by Crippen LogP contribution is 2.44. The van der Waals surface area contributed by atoms with Crippen molar-refractivity contribution in [2.45, 2.75) is 26.8 Å². The minimum Gasteiger partial charge on any atom is -0.507 e. The monoisotopic (exact) mass is 484 g/mol. The quantitative estimate of drug-likeness (QED) is 0.215. The average molecular weight is 485 g/mol. The molecule has 1 unspecified atom stereocenters. The maximum atomic E-state index is 13.4. The second-order valence-electron chi connectivity index (χ2n) is 8.46. The number of carbonyl (C=O) groups is 2. The van der Waals surface area contributed by atoms with Crippen molar-refractivity contribution in [3.63, 3.8) is 0 Å². The number of hydrogen-bond donors (Lipinski definition) is 1. The Morgan fingerprint density at radius 3 is 2.46 bits per heavy atom. The van der Waals surface area contributed by atoms with E-state index < -0.39 is 17.7 Å². The van der Waals surface area contributed by atoms with E-state index >= 15 is 0 Å². The smallest absolute Gasteiger partial charge is 0.301 e. The van der Waals surface area contributed by atoms with Gasteiger partial charge in [-0.3, -0.25) is 14.5 Å². The first-order valence-electron chi connectivity index (χ1n) is 11.4. The fourth-order valence-electron chi connectivity index (χ4n) is 4.47. The molecule has 1 aromatic heterocycles. The van der Waals surface area contributed by atoms with Crippen LogP contribution in [-0.4, -0.2) is 28.4 Å². The van der Waals surface area contributed by atoms with E-state index in [1.807, 2.05) is 63.2 Å². The van der Waals surface area contributed by atoms with Gasteiger partial charge in [-0.05, 0) is 67.8 Å². The van der Waals surface area contributed by atoms with Crippen molar-refractivity contribution in [3.8, 4) is 5.75 Å². The molecule has 1 fully saturated rings. The molecular formula is C28H24N2O4S. The van der Waals surface area contributed by atoms with Crippen LogP contribution in [0.2, 0.25) is 0 Å². The van der Waals surface area contributed by atoms with Gasteiger partial charge in [0.1, 0.15) is 11.5 Å². The minimum absolute atomic E-state index is 0.0394. The number of carbonyl (C=O) groups excluding carboxylic acids is 2. The molecule has 1 atom stereocenters. The highest BCUT2D eigenvalue weighted by atomic mass is 32.1. The van der Waals surface area contributed by atoms with Gasteiger partial charge in [-0.1, -0.05) is 47.7 Å². The van der Waals surface area contributed by atoms with Gasteiger partial charge in [0, 0.05) is 5.56 Å². The molecule has 0 bridgehead atoms. The summed E-state index contributed by atoms with van der Waals surface area (Å²) in [7, 11) is 0. The summed E-state index contributed by atoms with van der Waals surface area (Å²) in [6.07, 6.45) is 0. The number of rotatable bonds is 5. The van der Waals surface area contributed by atoms with E-state index in [1.165, 1.54) is 16.2 Å². The van der Waals surface area contributed by atoms with Gasteiger partial charge in [-0.15, -0.1) is 0 Å². The molecule has 0 saturated carbocycles. The van der Waals surface area contributed by atoms with Crippen molar-refractivity contribution in [2.75, 3.05) is 11.5 Å². The molecule has 0 spiro atoms. The molecule has 5 rings (SSSR count).